The predicted molar refractivity (Wildman–Crippen MR) is 65.2 cm³/mol. The number of nitrogens with one attached hydrogen (secondary N) is 1. The summed E-state index contributed by atoms with van der Waals surface area (Å²) in [6.45, 7) is 9.16. The van der Waals surface area contributed by atoms with Crippen molar-refractivity contribution in [3.05, 3.63) is 24.4 Å². The van der Waals surface area contributed by atoms with Crippen molar-refractivity contribution >= 4 is 0 Å². The Morgan fingerprint density at radius 2 is 1.86 bits per heavy atom. The van der Waals surface area contributed by atoms with E-state index in [9.17, 15) is 0 Å². The highest BCUT2D eigenvalue weighted by molar-refractivity contribution is 5.02. The minimum absolute atomic E-state index is 0.461. The highest BCUT2D eigenvalue weighted by Gasteiger charge is 2.10. The molecule has 0 rings (SSSR count). The molecular weight excluding hydrogens is 170 g/mol. The van der Waals surface area contributed by atoms with E-state index >= 15 is 0 Å². The van der Waals surface area contributed by atoms with Gasteiger partial charge < -0.3 is 5.32 Å². The van der Waals surface area contributed by atoms with Gasteiger partial charge in [-0.1, -0.05) is 39.8 Å². The quantitative estimate of drug-likeness (QED) is 0.659. The second-order valence-electron chi connectivity index (χ2n) is 5.11. The van der Waals surface area contributed by atoms with Gasteiger partial charge in [0.15, 0.2) is 0 Å². The Labute approximate surface area is 89.3 Å². The standard InChI is InChI=1S/C13H25N/c1-12(8-6-7-11-14-5)9-10-13(2,3)4/h6-8,11-12,14H,9-10H2,1-5H3/b8-6-,11-7-. The van der Waals surface area contributed by atoms with E-state index < -0.39 is 0 Å². The lowest BCUT2D eigenvalue weighted by atomic mass is 9.87. The van der Waals surface area contributed by atoms with Crippen LogP contribution in [0.2, 0.25) is 0 Å². The van der Waals surface area contributed by atoms with E-state index in [4.69, 9.17) is 0 Å². The minimum Gasteiger partial charge on any atom is -0.394 e. The van der Waals surface area contributed by atoms with Crippen LogP contribution in [-0.2, 0) is 0 Å². The van der Waals surface area contributed by atoms with Gasteiger partial charge in [0.05, 0.1) is 0 Å². The first-order chi connectivity index (χ1) is 6.45. The smallest absolute Gasteiger partial charge is 0.00277 e. The molecule has 0 aromatic carbocycles. The lowest BCUT2D eigenvalue weighted by Crippen LogP contribution is -2.06. The van der Waals surface area contributed by atoms with E-state index in [1.54, 1.807) is 0 Å². The maximum Gasteiger partial charge on any atom is 0.00277 e. The molecule has 0 radical (unpaired) electrons. The Balaban J connectivity index is 3.70. The molecule has 0 aliphatic rings. The van der Waals surface area contributed by atoms with Crippen LogP contribution in [0, 0.1) is 11.3 Å². The summed E-state index contributed by atoms with van der Waals surface area (Å²) in [5, 5.41) is 2.97. The molecule has 0 amide bonds. The molecule has 0 aliphatic carbocycles. The molecule has 1 atom stereocenters. The predicted octanol–water partition coefficient (Wildman–Crippen LogP) is 3.74. The molecule has 1 N–H and O–H groups in total. The Morgan fingerprint density at radius 3 is 2.36 bits per heavy atom. The van der Waals surface area contributed by atoms with Crippen LogP contribution in [-0.4, -0.2) is 7.05 Å². The van der Waals surface area contributed by atoms with Crippen molar-refractivity contribution in [1.29, 1.82) is 0 Å². The molecule has 0 saturated carbocycles. The third-order valence-corrected chi connectivity index (χ3v) is 2.16. The van der Waals surface area contributed by atoms with Crippen LogP contribution in [0.5, 0.6) is 0 Å². The fourth-order valence-corrected chi connectivity index (χ4v) is 1.16. The molecule has 82 valence electrons. The molecular formula is C13H25N. The second kappa shape index (κ2) is 6.69. The summed E-state index contributed by atoms with van der Waals surface area (Å²) in [6.07, 6.45) is 10.9. The lowest BCUT2D eigenvalue weighted by Gasteiger charge is -2.19. The molecule has 1 unspecified atom stereocenters. The Kier molecular flexibility index (Phi) is 6.35. The number of hydrogen-bond donors (Lipinski definition) is 1. The first-order valence-corrected chi connectivity index (χ1v) is 5.46. The van der Waals surface area contributed by atoms with Crippen molar-refractivity contribution < 1.29 is 0 Å². The lowest BCUT2D eigenvalue weighted by molar-refractivity contribution is 0.347. The third-order valence-electron chi connectivity index (χ3n) is 2.16. The minimum atomic E-state index is 0.461. The van der Waals surface area contributed by atoms with Gasteiger partial charge in [-0.15, -0.1) is 0 Å². The van der Waals surface area contributed by atoms with Crippen molar-refractivity contribution in [3.63, 3.8) is 0 Å². The second-order valence-corrected chi connectivity index (χ2v) is 5.11. The molecule has 0 aromatic heterocycles. The van der Waals surface area contributed by atoms with Crippen LogP contribution in [0.1, 0.15) is 40.5 Å². The van der Waals surface area contributed by atoms with Crippen molar-refractivity contribution in [2.75, 3.05) is 7.05 Å². The average Bonchev–Trinajstić information content (AvgIpc) is 2.08. The average molecular weight is 195 g/mol. The highest BCUT2D eigenvalue weighted by Crippen LogP contribution is 2.23. The molecule has 0 bridgehead atoms. The highest BCUT2D eigenvalue weighted by atomic mass is 14.8. The summed E-state index contributed by atoms with van der Waals surface area (Å²) in [4.78, 5) is 0. The van der Waals surface area contributed by atoms with Crippen molar-refractivity contribution in [2.24, 2.45) is 11.3 Å². The Bertz CT molecular complexity index is 184. The number of hydrogen-bond acceptors (Lipinski definition) is 1. The fourth-order valence-electron chi connectivity index (χ4n) is 1.16. The SMILES string of the molecule is CN/C=C\C=C/C(C)CCC(C)(C)C. The first kappa shape index (κ1) is 13.3. The molecule has 0 aliphatic heterocycles. The Morgan fingerprint density at radius 1 is 1.21 bits per heavy atom. The fraction of sp³-hybridized carbons (Fsp3) is 0.692. The van der Waals surface area contributed by atoms with Gasteiger partial charge in [-0.3, -0.25) is 0 Å². The van der Waals surface area contributed by atoms with Crippen LogP contribution >= 0.6 is 0 Å². The van der Waals surface area contributed by atoms with E-state index in [1.807, 2.05) is 19.3 Å². The van der Waals surface area contributed by atoms with E-state index in [0.717, 1.165) is 0 Å². The molecule has 0 heterocycles. The number of allylic oxidation sites excluding steroid dienone is 3. The van der Waals surface area contributed by atoms with Crippen LogP contribution in [0.4, 0.5) is 0 Å². The summed E-state index contributed by atoms with van der Waals surface area (Å²) in [5.74, 6) is 0.677. The van der Waals surface area contributed by atoms with E-state index in [-0.39, 0.29) is 0 Å². The van der Waals surface area contributed by atoms with E-state index in [1.165, 1.54) is 12.8 Å². The summed E-state index contributed by atoms with van der Waals surface area (Å²) >= 11 is 0. The van der Waals surface area contributed by atoms with Crippen LogP contribution in [0.15, 0.2) is 24.4 Å². The molecule has 0 aromatic rings. The molecule has 1 heteroatoms. The summed E-state index contributed by atoms with van der Waals surface area (Å²) in [5.41, 5.74) is 0.461. The van der Waals surface area contributed by atoms with Crippen LogP contribution in [0.3, 0.4) is 0 Å². The summed E-state index contributed by atoms with van der Waals surface area (Å²) in [7, 11) is 1.91. The molecule has 0 fully saturated rings. The van der Waals surface area contributed by atoms with Crippen molar-refractivity contribution in [2.45, 2.75) is 40.5 Å². The maximum absolute atomic E-state index is 2.97. The zero-order valence-electron chi connectivity index (χ0n) is 10.3. The zero-order chi connectivity index (χ0) is 11.0. The van der Waals surface area contributed by atoms with E-state index in [0.29, 0.717) is 11.3 Å². The van der Waals surface area contributed by atoms with Crippen molar-refractivity contribution in [1.82, 2.24) is 5.32 Å². The van der Waals surface area contributed by atoms with Gasteiger partial charge in [-0.05, 0) is 36.5 Å². The molecule has 1 nitrogen and oxygen atoms in total. The van der Waals surface area contributed by atoms with Gasteiger partial charge in [-0.25, -0.2) is 0 Å². The van der Waals surface area contributed by atoms with Gasteiger partial charge >= 0.3 is 0 Å². The van der Waals surface area contributed by atoms with Crippen LogP contribution < -0.4 is 5.32 Å². The van der Waals surface area contributed by atoms with Gasteiger partial charge in [-0.2, -0.15) is 0 Å². The largest absolute Gasteiger partial charge is 0.394 e. The van der Waals surface area contributed by atoms with Crippen LogP contribution in [0.25, 0.3) is 0 Å². The monoisotopic (exact) mass is 195 g/mol. The topological polar surface area (TPSA) is 12.0 Å². The normalized spacial score (nSPS) is 15.2. The first-order valence-electron chi connectivity index (χ1n) is 5.46. The van der Waals surface area contributed by atoms with Gasteiger partial charge in [0, 0.05) is 7.05 Å². The van der Waals surface area contributed by atoms with Gasteiger partial charge in [0.1, 0.15) is 0 Å². The third kappa shape index (κ3) is 9.37. The van der Waals surface area contributed by atoms with Gasteiger partial charge in [0.25, 0.3) is 0 Å². The van der Waals surface area contributed by atoms with Gasteiger partial charge in [0.2, 0.25) is 0 Å². The van der Waals surface area contributed by atoms with Crippen molar-refractivity contribution in [3.8, 4) is 0 Å². The number of rotatable bonds is 5. The summed E-state index contributed by atoms with van der Waals surface area (Å²) < 4.78 is 0. The molecule has 0 spiro atoms. The zero-order valence-corrected chi connectivity index (χ0v) is 10.3. The summed E-state index contributed by atoms with van der Waals surface area (Å²) in [6, 6.07) is 0. The molecule has 0 saturated heterocycles. The van der Waals surface area contributed by atoms with E-state index in [2.05, 4.69) is 45.2 Å². The maximum atomic E-state index is 2.97. The Hall–Kier alpha value is -0.720. The molecule has 14 heavy (non-hydrogen) atoms.